The first-order valence-electron chi connectivity index (χ1n) is 45.8. The molecule has 0 amide bonds. The third kappa shape index (κ3) is 57.0. The van der Waals surface area contributed by atoms with E-state index in [2.05, 4.69) is 352 Å². The molecule has 0 saturated carbocycles. The predicted molar refractivity (Wildman–Crippen MR) is 501 cm³/mol. The van der Waals surface area contributed by atoms with Gasteiger partial charge in [-0.05, 0) is 212 Å². The highest BCUT2D eigenvalue weighted by Gasteiger charge is 2.13. The summed E-state index contributed by atoms with van der Waals surface area (Å²) in [4.78, 5) is 23.0. The first-order valence-corrected chi connectivity index (χ1v) is 46.7. The van der Waals surface area contributed by atoms with Gasteiger partial charge in [-0.1, -0.05) is 239 Å². The van der Waals surface area contributed by atoms with Crippen molar-refractivity contribution in [3.63, 3.8) is 0 Å². The first kappa shape index (κ1) is 110. The van der Waals surface area contributed by atoms with E-state index >= 15 is 0 Å². The van der Waals surface area contributed by atoms with E-state index in [1.165, 1.54) is 109 Å². The van der Waals surface area contributed by atoms with Crippen LogP contribution in [0, 0.1) is 59.2 Å². The molecule has 0 bridgehead atoms. The van der Waals surface area contributed by atoms with Gasteiger partial charge in [-0.2, -0.15) is 10.2 Å². The average Bonchev–Trinajstić information content (AvgIpc) is 1.75. The minimum atomic E-state index is 0.391. The Morgan fingerprint density at radius 1 is 0.362 bits per heavy atom. The standard InChI is InChI=1S/2C13H24N2.C13H23NO.C12H23N3.C12H24.2C9H16N2.C9H15NO.C9H15NS/c1-11(2)5-6-13-9-15(10-14-13)8-7-12(3)4;1-11(2)5-6-13-9-14-15(10-13)8-7-12(3)4;1-10(2)5-7-12-9-14-13(15-12)8-6-11(3)4;1-10(2)5-6-12-9-15(14-13-12)8-7-11(3)4;1-11(2)9-7-5-6-8-10-12(3)4;1-7(2)9-5-11(6-10-9)8(3)4;1-7(2)9-5-10-11(6-9)8(3)4;2*1-6(2)8-5-10-9(11-8)7(3)4/h2*9-12H,5-8H2,1-4H3;2*9-11H,5-8H2,1-4H3;5-6,11-12H,7-10H2,1-4H3;2*5-8H,1-4H3;2*5-7H,1-4H3. The largest absolute Gasteiger partial charge is 0.446 e. The zero-order valence-corrected chi connectivity index (χ0v) is 82.4. The summed E-state index contributed by atoms with van der Waals surface area (Å²) in [6.45, 7) is 82.6. The van der Waals surface area contributed by atoms with Crippen molar-refractivity contribution in [2.45, 2.75) is 426 Å². The van der Waals surface area contributed by atoms with Crippen LogP contribution in [-0.4, -0.2) is 68.6 Å². The van der Waals surface area contributed by atoms with Gasteiger partial charge in [-0.25, -0.2) is 24.9 Å². The van der Waals surface area contributed by atoms with Crippen LogP contribution >= 0.6 is 11.3 Å². The molecule has 0 atom stereocenters. The molecule has 8 aromatic heterocycles. The van der Waals surface area contributed by atoms with Crippen molar-refractivity contribution in [3.05, 3.63) is 148 Å². The maximum absolute atomic E-state index is 5.67. The molecule has 8 heterocycles. The van der Waals surface area contributed by atoms with Crippen LogP contribution < -0.4 is 0 Å². The zero-order chi connectivity index (χ0) is 88.2. The normalized spacial score (nSPS) is 11.6. The summed E-state index contributed by atoms with van der Waals surface area (Å²) in [5.74, 6) is 14.6. The van der Waals surface area contributed by atoms with Gasteiger partial charge >= 0.3 is 0 Å². The van der Waals surface area contributed by atoms with Gasteiger partial charge in [0.25, 0.3) is 0 Å². The van der Waals surface area contributed by atoms with Crippen LogP contribution in [0.3, 0.4) is 0 Å². The number of oxazole rings is 2. The lowest BCUT2D eigenvalue weighted by atomic mass is 10.1. The highest BCUT2D eigenvalue weighted by atomic mass is 32.1. The number of hydrogen-bond acceptors (Lipinski definition) is 12. The van der Waals surface area contributed by atoms with E-state index in [1.807, 2.05) is 64.3 Å². The summed E-state index contributed by atoms with van der Waals surface area (Å²) in [6, 6.07) is 0.998. The molecule has 0 aromatic carbocycles. The van der Waals surface area contributed by atoms with Gasteiger partial charge in [-0.3, -0.25) is 14.0 Å². The minimum absolute atomic E-state index is 0.391. The smallest absolute Gasteiger partial charge is 0.196 e. The molecule has 0 aliphatic heterocycles. The molecule has 0 fully saturated rings. The average molecular weight is 1630 g/mol. The van der Waals surface area contributed by atoms with Crippen LogP contribution in [0.1, 0.15) is 435 Å². The van der Waals surface area contributed by atoms with Gasteiger partial charge in [0.1, 0.15) is 11.5 Å². The number of aromatic nitrogens is 14. The molecule has 0 aliphatic carbocycles. The molecule has 116 heavy (non-hydrogen) atoms. The van der Waals surface area contributed by atoms with Gasteiger partial charge in [0.2, 0.25) is 0 Å². The second-order valence-electron chi connectivity index (χ2n) is 38.8. The summed E-state index contributed by atoms with van der Waals surface area (Å²) in [5.41, 5.74) is 6.25. The van der Waals surface area contributed by atoms with Crippen molar-refractivity contribution in [3.8, 4) is 0 Å². The van der Waals surface area contributed by atoms with Gasteiger partial charge in [-0.15, -0.1) is 16.4 Å². The third-order valence-corrected chi connectivity index (χ3v) is 20.7. The lowest BCUT2D eigenvalue weighted by Gasteiger charge is -2.04. The number of hydrogen-bond donors (Lipinski definition) is 0. The van der Waals surface area contributed by atoms with E-state index in [4.69, 9.17) is 8.83 Å². The fraction of sp³-hybridized carbons (Fsp3) is 0.747. The van der Waals surface area contributed by atoms with Crippen LogP contribution in [-0.2, 0) is 51.7 Å². The van der Waals surface area contributed by atoms with Gasteiger partial charge < -0.3 is 18.0 Å². The van der Waals surface area contributed by atoms with Crippen LogP contribution in [0.25, 0.3) is 0 Å². The topological polar surface area (TPSA) is 167 Å². The molecular formula is C99H180N14O2S. The van der Waals surface area contributed by atoms with Crippen molar-refractivity contribution in [1.29, 1.82) is 0 Å². The fourth-order valence-corrected chi connectivity index (χ4v) is 11.4. The summed E-state index contributed by atoms with van der Waals surface area (Å²) in [7, 11) is 0. The van der Waals surface area contributed by atoms with E-state index in [1.54, 1.807) is 0 Å². The predicted octanol–water partition coefficient (Wildman–Crippen LogP) is 29.7. The molecule has 8 rings (SSSR count). The van der Waals surface area contributed by atoms with Crippen molar-refractivity contribution in [2.75, 3.05) is 0 Å². The lowest BCUT2D eigenvalue weighted by molar-refractivity contribution is 0.420. The summed E-state index contributed by atoms with van der Waals surface area (Å²) < 4.78 is 21.6. The molecule has 0 spiro atoms. The molecule has 17 heteroatoms. The molecule has 664 valence electrons. The number of imidazole rings is 2. The summed E-state index contributed by atoms with van der Waals surface area (Å²) in [5, 5.41) is 18.2. The summed E-state index contributed by atoms with van der Waals surface area (Å²) in [6.07, 6.45) is 49.1. The Hall–Kier alpha value is -6.23. The Balaban J connectivity index is 0.00000129. The maximum atomic E-state index is 5.67. The van der Waals surface area contributed by atoms with Gasteiger partial charge in [0.15, 0.2) is 11.8 Å². The Morgan fingerprint density at radius 3 is 1.30 bits per heavy atom. The third-order valence-electron chi connectivity index (χ3n) is 19.1. The lowest BCUT2D eigenvalue weighted by Crippen LogP contribution is -2.01. The molecule has 8 aromatic rings. The number of thiazole rings is 1. The Morgan fingerprint density at radius 2 is 0.879 bits per heavy atom. The molecule has 0 aliphatic rings. The van der Waals surface area contributed by atoms with Crippen molar-refractivity contribution < 1.29 is 8.83 Å². The van der Waals surface area contributed by atoms with Crippen LogP contribution in [0.2, 0.25) is 0 Å². The van der Waals surface area contributed by atoms with Crippen LogP contribution in [0.5, 0.6) is 0 Å². The quantitative estimate of drug-likeness (QED) is 0.0338. The van der Waals surface area contributed by atoms with Gasteiger partial charge in [0.05, 0.1) is 59.5 Å². The van der Waals surface area contributed by atoms with E-state index in [0.29, 0.717) is 47.6 Å². The number of aryl methyl sites for hydroxylation is 8. The monoisotopic (exact) mass is 1630 g/mol. The Kier molecular flexibility index (Phi) is 59.5. The SMILES string of the molecule is CC(C)CCC=CCCC(C)C.CC(C)CCc1cn(CCC(C)C)cn1.CC(C)CCc1cn(CCC(C)C)nn1.CC(C)CCc1cnc(CCC(C)C)o1.CC(C)CCc1cnn(CCC(C)C)c1.CC(C)c1cn(C(C)C)cn1.CC(C)c1cnc(C(C)C)o1.CC(C)c1cnc(C(C)C)s1.CC(C)c1cnn(C(C)C)c1. The molecule has 0 saturated heterocycles. The Labute approximate surface area is 717 Å². The molecule has 0 unspecified atom stereocenters. The number of nitrogens with zero attached hydrogens (tertiary/aromatic N) is 14. The second-order valence-corrected chi connectivity index (χ2v) is 39.9. The molecule has 0 radical (unpaired) electrons. The molecule has 16 nitrogen and oxygen atoms in total. The highest BCUT2D eigenvalue weighted by molar-refractivity contribution is 7.11. The van der Waals surface area contributed by atoms with E-state index in [0.717, 1.165) is 140 Å². The van der Waals surface area contributed by atoms with Gasteiger partial charge in [0, 0.05) is 104 Å². The van der Waals surface area contributed by atoms with Crippen molar-refractivity contribution >= 4 is 11.3 Å². The molecular weight excluding hydrogens is 1450 g/mol. The summed E-state index contributed by atoms with van der Waals surface area (Å²) >= 11 is 1.84. The Bertz CT molecular complexity index is 2930. The van der Waals surface area contributed by atoms with Crippen molar-refractivity contribution in [1.82, 2.24) is 68.6 Å². The zero-order valence-electron chi connectivity index (χ0n) is 81.6. The fourth-order valence-electron chi connectivity index (χ4n) is 10.4. The van der Waals surface area contributed by atoms with E-state index in [9.17, 15) is 0 Å². The highest BCUT2D eigenvalue weighted by Crippen LogP contribution is 2.27. The number of allylic oxidation sites excluding steroid dienone is 2. The first-order chi connectivity index (χ1) is 54.4. The minimum Gasteiger partial charge on any atom is -0.446 e. The maximum Gasteiger partial charge on any atom is 0.196 e. The van der Waals surface area contributed by atoms with E-state index in [-0.39, 0.29) is 0 Å². The molecule has 0 N–H and O–H groups in total. The van der Waals surface area contributed by atoms with Crippen molar-refractivity contribution in [2.24, 2.45) is 59.2 Å². The number of rotatable bonds is 38. The van der Waals surface area contributed by atoms with E-state index < -0.39 is 0 Å². The second kappa shape index (κ2) is 62.9. The van der Waals surface area contributed by atoms with Crippen LogP contribution in [0.15, 0.2) is 95.6 Å². The van der Waals surface area contributed by atoms with Crippen LogP contribution in [0.4, 0.5) is 0 Å².